The lowest BCUT2D eigenvalue weighted by molar-refractivity contribution is -0.0107. The van der Waals surface area contributed by atoms with Gasteiger partial charge in [-0.25, -0.2) is 14.8 Å². The Morgan fingerprint density at radius 1 is 1.18 bits per heavy atom. The molecule has 0 atom stereocenters. The average molecular weight is 458 g/mol. The van der Waals surface area contributed by atoms with Crippen LogP contribution in [0.1, 0.15) is 39.5 Å². The van der Waals surface area contributed by atoms with Crippen LogP contribution in [0.15, 0.2) is 41.3 Å². The molecular weight excluding hydrogens is 422 g/mol. The number of anilines is 1. The summed E-state index contributed by atoms with van der Waals surface area (Å²) in [5, 5.41) is 7.09. The van der Waals surface area contributed by atoms with Crippen molar-refractivity contribution < 1.29 is 19.0 Å². The minimum Gasteiger partial charge on any atom is -0.493 e. The summed E-state index contributed by atoms with van der Waals surface area (Å²) in [7, 11) is 6.47. The number of hydrogen-bond acceptors (Lipinski definition) is 6. The number of amidine groups is 1. The standard InChI is InChI=1S/C24H35N5O4/c1-8-28-24(30)27(4)20(16(2)29(28)19-11-9-10-12-19)15-25-17(3)26-18-13-21(31-5)23(33-7)22(14-18)32-6/h13-15,19H,2,8-12H2,1,3-7H3,(H,25,26)/b20-15+. The number of nitrogens with zero attached hydrogens (tertiary/aromatic N) is 4. The molecule has 0 radical (unpaired) electrons. The predicted octanol–water partition coefficient (Wildman–Crippen LogP) is 4.44. The highest BCUT2D eigenvalue weighted by Crippen LogP contribution is 2.40. The summed E-state index contributed by atoms with van der Waals surface area (Å²) in [6, 6.07) is 3.84. The number of urea groups is 1. The van der Waals surface area contributed by atoms with Crippen molar-refractivity contribution in [2.45, 2.75) is 45.6 Å². The number of likely N-dealkylation sites (N-methyl/N-ethyl adjacent to an activating group) is 1. The molecule has 33 heavy (non-hydrogen) atoms. The fraction of sp³-hybridized carbons (Fsp3) is 0.500. The van der Waals surface area contributed by atoms with Crippen LogP contribution in [0.2, 0.25) is 0 Å². The molecule has 1 saturated heterocycles. The first-order valence-corrected chi connectivity index (χ1v) is 11.2. The number of benzene rings is 1. The van der Waals surface area contributed by atoms with Gasteiger partial charge in [0, 0.05) is 31.4 Å². The zero-order valence-electron chi connectivity index (χ0n) is 20.5. The van der Waals surface area contributed by atoms with Crippen LogP contribution < -0.4 is 19.5 Å². The Morgan fingerprint density at radius 2 is 1.79 bits per heavy atom. The highest BCUT2D eigenvalue weighted by atomic mass is 16.5. The molecule has 1 aromatic rings. The van der Waals surface area contributed by atoms with Crippen molar-refractivity contribution in [3.05, 3.63) is 36.3 Å². The maximum absolute atomic E-state index is 13.0. The first kappa shape index (κ1) is 24.3. The largest absolute Gasteiger partial charge is 0.493 e. The van der Waals surface area contributed by atoms with Crippen molar-refractivity contribution in [1.82, 2.24) is 14.9 Å². The van der Waals surface area contributed by atoms with Crippen LogP contribution in [0.3, 0.4) is 0 Å². The third-order valence-electron chi connectivity index (χ3n) is 6.04. The Kier molecular flexibility index (Phi) is 7.73. The molecule has 0 bridgehead atoms. The van der Waals surface area contributed by atoms with Gasteiger partial charge in [0.15, 0.2) is 11.5 Å². The van der Waals surface area contributed by atoms with Gasteiger partial charge in [0.2, 0.25) is 5.75 Å². The molecule has 2 amide bonds. The second kappa shape index (κ2) is 10.5. The first-order valence-electron chi connectivity index (χ1n) is 11.2. The summed E-state index contributed by atoms with van der Waals surface area (Å²) in [4.78, 5) is 19.2. The van der Waals surface area contributed by atoms with E-state index in [4.69, 9.17) is 14.2 Å². The van der Waals surface area contributed by atoms with Crippen LogP contribution in [0.25, 0.3) is 0 Å². The Morgan fingerprint density at radius 3 is 2.30 bits per heavy atom. The minimum absolute atomic E-state index is 0.0755. The number of methoxy groups -OCH3 is 3. The van der Waals surface area contributed by atoms with Crippen molar-refractivity contribution in [2.24, 2.45) is 4.99 Å². The molecule has 1 aliphatic carbocycles. The van der Waals surface area contributed by atoms with E-state index < -0.39 is 0 Å². The maximum atomic E-state index is 13.0. The number of aliphatic imine (C=N–C) groups is 1. The Balaban J connectivity index is 1.86. The number of hydrogen-bond donors (Lipinski definition) is 1. The van der Waals surface area contributed by atoms with E-state index in [1.807, 2.05) is 26.0 Å². The lowest BCUT2D eigenvalue weighted by Gasteiger charge is -2.48. The van der Waals surface area contributed by atoms with Gasteiger partial charge in [-0.05, 0) is 26.7 Å². The van der Waals surface area contributed by atoms with Gasteiger partial charge in [0.1, 0.15) is 5.84 Å². The van der Waals surface area contributed by atoms with Gasteiger partial charge in [-0.15, -0.1) is 0 Å². The molecule has 1 aromatic carbocycles. The van der Waals surface area contributed by atoms with Crippen molar-refractivity contribution in [3.63, 3.8) is 0 Å². The second-order valence-electron chi connectivity index (χ2n) is 8.05. The van der Waals surface area contributed by atoms with Crippen molar-refractivity contribution in [3.8, 4) is 17.2 Å². The van der Waals surface area contributed by atoms with E-state index in [0.29, 0.717) is 41.4 Å². The predicted molar refractivity (Wildman–Crippen MR) is 130 cm³/mol. The van der Waals surface area contributed by atoms with E-state index in [9.17, 15) is 4.79 Å². The molecule has 3 rings (SSSR count). The summed E-state index contributed by atoms with van der Waals surface area (Å²) >= 11 is 0. The zero-order chi connectivity index (χ0) is 24.1. The third kappa shape index (κ3) is 4.86. The molecule has 1 N–H and O–H groups in total. The number of hydrazine groups is 1. The minimum atomic E-state index is -0.0755. The molecule has 180 valence electrons. The van der Waals surface area contributed by atoms with Gasteiger partial charge in [0.05, 0.1) is 45.0 Å². The van der Waals surface area contributed by atoms with Crippen LogP contribution in [-0.4, -0.2) is 67.7 Å². The smallest absolute Gasteiger partial charge is 0.343 e. The fourth-order valence-electron chi connectivity index (χ4n) is 4.39. The third-order valence-corrected chi connectivity index (χ3v) is 6.04. The van der Waals surface area contributed by atoms with Crippen LogP contribution in [0.5, 0.6) is 17.2 Å². The molecule has 2 aliphatic rings. The topological polar surface area (TPSA) is 78.9 Å². The van der Waals surface area contributed by atoms with Gasteiger partial charge in [0.25, 0.3) is 0 Å². The Labute approximate surface area is 196 Å². The zero-order valence-corrected chi connectivity index (χ0v) is 20.5. The van der Waals surface area contributed by atoms with Crippen LogP contribution >= 0.6 is 0 Å². The molecule has 9 heteroatoms. The van der Waals surface area contributed by atoms with E-state index in [1.54, 1.807) is 44.5 Å². The normalized spacial score (nSPS) is 18.9. The monoisotopic (exact) mass is 457 g/mol. The van der Waals surface area contributed by atoms with E-state index in [-0.39, 0.29) is 6.03 Å². The fourth-order valence-corrected chi connectivity index (χ4v) is 4.39. The van der Waals surface area contributed by atoms with E-state index in [0.717, 1.165) is 24.2 Å². The lowest BCUT2D eigenvalue weighted by atomic mass is 10.2. The molecule has 9 nitrogen and oxygen atoms in total. The number of carbonyl (C=O) groups excluding carboxylic acids is 1. The van der Waals surface area contributed by atoms with Crippen LogP contribution in [0, 0.1) is 0 Å². The Bertz CT molecular complexity index is 927. The molecule has 0 spiro atoms. The van der Waals surface area contributed by atoms with Crippen molar-refractivity contribution in [2.75, 3.05) is 40.2 Å². The SMILES string of the molecule is C=C1/C(=C\N=C(/C)Nc2cc(OC)c(OC)c(OC)c2)N(C)C(=O)N(CC)N1C1CCCC1. The Hall–Kier alpha value is -3.36. The van der Waals surface area contributed by atoms with Crippen molar-refractivity contribution in [1.29, 1.82) is 0 Å². The van der Waals surface area contributed by atoms with Gasteiger partial charge < -0.3 is 19.5 Å². The van der Waals surface area contributed by atoms with Crippen LogP contribution in [0.4, 0.5) is 10.5 Å². The molecule has 2 fully saturated rings. The first-order chi connectivity index (χ1) is 15.9. The second-order valence-corrected chi connectivity index (χ2v) is 8.05. The van der Waals surface area contributed by atoms with Gasteiger partial charge in [-0.1, -0.05) is 19.4 Å². The van der Waals surface area contributed by atoms with Crippen molar-refractivity contribution >= 4 is 17.6 Å². The number of nitrogens with one attached hydrogen (secondary N) is 1. The van der Waals surface area contributed by atoms with Crippen LogP contribution in [-0.2, 0) is 0 Å². The number of carbonyl (C=O) groups is 1. The molecule has 0 unspecified atom stereocenters. The number of ether oxygens (including phenoxy) is 3. The van der Waals surface area contributed by atoms with Gasteiger partial charge in [-0.3, -0.25) is 9.91 Å². The van der Waals surface area contributed by atoms with Gasteiger partial charge >= 0.3 is 6.03 Å². The lowest BCUT2D eigenvalue weighted by Crippen LogP contribution is -2.58. The summed E-state index contributed by atoms with van der Waals surface area (Å²) in [6.45, 7) is 8.74. The van der Waals surface area contributed by atoms with E-state index in [2.05, 4.69) is 21.9 Å². The summed E-state index contributed by atoms with van der Waals surface area (Å²) < 4.78 is 16.2. The van der Waals surface area contributed by atoms with E-state index >= 15 is 0 Å². The molecule has 1 saturated carbocycles. The summed E-state index contributed by atoms with van der Waals surface area (Å²) in [5.41, 5.74) is 2.21. The highest BCUT2D eigenvalue weighted by Gasteiger charge is 2.39. The molecule has 0 aromatic heterocycles. The number of amides is 2. The number of rotatable bonds is 7. The molecule has 1 heterocycles. The molecule has 1 aliphatic heterocycles. The quantitative estimate of drug-likeness (QED) is 0.482. The molecular formula is C24H35N5O4. The maximum Gasteiger partial charge on any atom is 0.343 e. The van der Waals surface area contributed by atoms with E-state index in [1.165, 1.54) is 12.8 Å². The highest BCUT2D eigenvalue weighted by molar-refractivity contribution is 5.94. The summed E-state index contributed by atoms with van der Waals surface area (Å²) in [6.07, 6.45) is 6.15. The average Bonchev–Trinajstić information content (AvgIpc) is 3.34. The van der Waals surface area contributed by atoms with Gasteiger partial charge in [-0.2, -0.15) is 0 Å². The summed E-state index contributed by atoms with van der Waals surface area (Å²) in [5.74, 6) is 2.25.